The van der Waals surface area contributed by atoms with Crippen LogP contribution in [-0.2, 0) is 0 Å². The Morgan fingerprint density at radius 1 is 1.22 bits per heavy atom. The number of rotatable bonds is 2. The highest BCUT2D eigenvalue weighted by Crippen LogP contribution is 2.28. The number of hydrogen-bond acceptors (Lipinski definition) is 5. The molecule has 0 aliphatic rings. The summed E-state index contributed by atoms with van der Waals surface area (Å²) in [6.07, 6.45) is 0. The standard InChI is InChI=1S/C12H12N4O2/c1-7-11(8(2)15-12(13)14-7)9-4-3-5-10(6-9)16(17)18/h3-6H,1-2H3,(H2,13,14,15). The summed E-state index contributed by atoms with van der Waals surface area (Å²) in [5, 5.41) is 10.8. The van der Waals surface area contributed by atoms with Crippen molar-refractivity contribution < 1.29 is 4.92 Å². The number of non-ortho nitro benzene ring substituents is 1. The van der Waals surface area contributed by atoms with Crippen LogP contribution in [-0.4, -0.2) is 14.9 Å². The molecule has 0 fully saturated rings. The Balaban J connectivity index is 2.62. The molecule has 6 nitrogen and oxygen atoms in total. The second-order valence-electron chi connectivity index (χ2n) is 3.94. The number of aryl methyl sites for hydroxylation is 2. The molecule has 0 saturated carbocycles. The van der Waals surface area contributed by atoms with Crippen molar-refractivity contribution in [3.63, 3.8) is 0 Å². The van der Waals surface area contributed by atoms with E-state index in [1.54, 1.807) is 26.0 Å². The zero-order chi connectivity index (χ0) is 13.3. The minimum atomic E-state index is -0.424. The van der Waals surface area contributed by atoms with E-state index in [0.29, 0.717) is 11.4 Å². The maximum atomic E-state index is 10.8. The van der Waals surface area contributed by atoms with Gasteiger partial charge < -0.3 is 5.73 Å². The molecule has 2 N–H and O–H groups in total. The molecule has 0 amide bonds. The third-order valence-electron chi connectivity index (χ3n) is 2.63. The van der Waals surface area contributed by atoms with E-state index < -0.39 is 4.92 Å². The van der Waals surface area contributed by atoms with Crippen molar-refractivity contribution in [2.45, 2.75) is 13.8 Å². The quantitative estimate of drug-likeness (QED) is 0.645. The molecule has 0 unspecified atom stereocenters. The SMILES string of the molecule is Cc1nc(N)nc(C)c1-c1cccc([N+](=O)[O-])c1. The molecule has 0 radical (unpaired) electrons. The fourth-order valence-corrected chi connectivity index (χ4v) is 1.94. The Labute approximate surface area is 104 Å². The van der Waals surface area contributed by atoms with E-state index in [9.17, 15) is 10.1 Å². The summed E-state index contributed by atoms with van der Waals surface area (Å²) in [5.41, 5.74) is 8.52. The first-order chi connectivity index (χ1) is 8.49. The average molecular weight is 244 g/mol. The third kappa shape index (κ3) is 2.13. The second-order valence-corrected chi connectivity index (χ2v) is 3.94. The lowest BCUT2D eigenvalue weighted by Crippen LogP contribution is -2.02. The first-order valence-corrected chi connectivity index (χ1v) is 5.34. The van der Waals surface area contributed by atoms with Gasteiger partial charge in [-0.15, -0.1) is 0 Å². The molecule has 92 valence electrons. The topological polar surface area (TPSA) is 94.9 Å². The molecule has 0 spiro atoms. The zero-order valence-electron chi connectivity index (χ0n) is 10.0. The van der Waals surface area contributed by atoms with E-state index >= 15 is 0 Å². The number of nitrogen functional groups attached to an aromatic ring is 1. The monoisotopic (exact) mass is 244 g/mol. The van der Waals surface area contributed by atoms with Gasteiger partial charge in [0.25, 0.3) is 5.69 Å². The van der Waals surface area contributed by atoms with Gasteiger partial charge in [-0.2, -0.15) is 0 Å². The Kier molecular flexibility index (Phi) is 2.93. The van der Waals surface area contributed by atoms with E-state index in [0.717, 1.165) is 11.1 Å². The van der Waals surface area contributed by atoms with Crippen LogP contribution in [0.25, 0.3) is 11.1 Å². The largest absolute Gasteiger partial charge is 0.368 e. The van der Waals surface area contributed by atoms with E-state index in [-0.39, 0.29) is 11.6 Å². The summed E-state index contributed by atoms with van der Waals surface area (Å²) < 4.78 is 0. The lowest BCUT2D eigenvalue weighted by atomic mass is 10.0. The van der Waals surface area contributed by atoms with Gasteiger partial charge in [-0.05, 0) is 19.4 Å². The van der Waals surface area contributed by atoms with Crippen molar-refractivity contribution >= 4 is 11.6 Å². The minimum absolute atomic E-state index is 0.0446. The van der Waals surface area contributed by atoms with Crippen LogP contribution in [0.1, 0.15) is 11.4 Å². The lowest BCUT2D eigenvalue weighted by molar-refractivity contribution is -0.384. The lowest BCUT2D eigenvalue weighted by Gasteiger charge is -2.09. The van der Waals surface area contributed by atoms with Gasteiger partial charge >= 0.3 is 0 Å². The van der Waals surface area contributed by atoms with Crippen molar-refractivity contribution in [3.05, 3.63) is 45.8 Å². The minimum Gasteiger partial charge on any atom is -0.368 e. The third-order valence-corrected chi connectivity index (χ3v) is 2.63. The van der Waals surface area contributed by atoms with Gasteiger partial charge in [0.15, 0.2) is 0 Å². The predicted octanol–water partition coefficient (Wildman–Crippen LogP) is 2.25. The van der Waals surface area contributed by atoms with Gasteiger partial charge in [-0.25, -0.2) is 9.97 Å². The van der Waals surface area contributed by atoms with Gasteiger partial charge in [-0.3, -0.25) is 10.1 Å². The molecule has 0 bridgehead atoms. The summed E-state index contributed by atoms with van der Waals surface area (Å²) in [4.78, 5) is 18.5. The number of aromatic nitrogens is 2. The zero-order valence-corrected chi connectivity index (χ0v) is 10.0. The Hall–Kier alpha value is -2.50. The van der Waals surface area contributed by atoms with Crippen LogP contribution in [0.5, 0.6) is 0 Å². The van der Waals surface area contributed by atoms with E-state index in [4.69, 9.17) is 5.73 Å². The van der Waals surface area contributed by atoms with Gasteiger partial charge in [-0.1, -0.05) is 12.1 Å². The Morgan fingerprint density at radius 2 is 1.83 bits per heavy atom. The molecular weight excluding hydrogens is 232 g/mol. The molecule has 2 aromatic rings. The molecular formula is C12H12N4O2. The van der Waals surface area contributed by atoms with Gasteiger partial charge in [0.05, 0.1) is 16.3 Å². The van der Waals surface area contributed by atoms with Crippen LogP contribution in [0.2, 0.25) is 0 Å². The summed E-state index contributed by atoms with van der Waals surface area (Å²) >= 11 is 0. The summed E-state index contributed by atoms with van der Waals surface area (Å²) in [6, 6.07) is 6.39. The first-order valence-electron chi connectivity index (χ1n) is 5.34. The first kappa shape index (κ1) is 12.0. The van der Waals surface area contributed by atoms with Crippen LogP contribution >= 0.6 is 0 Å². The molecule has 1 heterocycles. The highest BCUT2D eigenvalue weighted by Gasteiger charge is 2.13. The molecule has 0 aliphatic heterocycles. The van der Waals surface area contributed by atoms with Crippen LogP contribution in [0.4, 0.5) is 11.6 Å². The van der Waals surface area contributed by atoms with Crippen molar-refractivity contribution in [3.8, 4) is 11.1 Å². The summed E-state index contributed by atoms with van der Waals surface area (Å²) in [7, 11) is 0. The number of benzene rings is 1. The molecule has 18 heavy (non-hydrogen) atoms. The van der Waals surface area contributed by atoms with Gasteiger partial charge in [0, 0.05) is 17.7 Å². The number of hydrogen-bond donors (Lipinski definition) is 1. The van der Waals surface area contributed by atoms with Crippen molar-refractivity contribution in [1.29, 1.82) is 0 Å². The molecule has 1 aromatic heterocycles. The van der Waals surface area contributed by atoms with Crippen molar-refractivity contribution in [2.24, 2.45) is 0 Å². The molecule has 0 aliphatic carbocycles. The number of nitrogens with two attached hydrogens (primary N) is 1. The Bertz CT molecular complexity index is 602. The summed E-state index contributed by atoms with van der Waals surface area (Å²) in [5.74, 6) is 0.208. The van der Waals surface area contributed by atoms with E-state index in [1.807, 2.05) is 0 Å². The molecule has 0 saturated heterocycles. The van der Waals surface area contributed by atoms with Crippen LogP contribution in [0.15, 0.2) is 24.3 Å². The van der Waals surface area contributed by atoms with Crippen molar-refractivity contribution in [1.82, 2.24) is 9.97 Å². The smallest absolute Gasteiger partial charge is 0.270 e. The molecule has 0 atom stereocenters. The fraction of sp³-hybridized carbons (Fsp3) is 0.167. The van der Waals surface area contributed by atoms with E-state index in [1.165, 1.54) is 12.1 Å². The normalized spacial score (nSPS) is 10.3. The van der Waals surface area contributed by atoms with Crippen LogP contribution in [0, 0.1) is 24.0 Å². The average Bonchev–Trinajstić information content (AvgIpc) is 2.28. The second kappa shape index (κ2) is 4.40. The predicted molar refractivity (Wildman–Crippen MR) is 68.0 cm³/mol. The van der Waals surface area contributed by atoms with Gasteiger partial charge in [0.2, 0.25) is 5.95 Å². The fourth-order valence-electron chi connectivity index (χ4n) is 1.94. The number of nitro groups is 1. The van der Waals surface area contributed by atoms with E-state index in [2.05, 4.69) is 9.97 Å². The highest BCUT2D eigenvalue weighted by atomic mass is 16.6. The Morgan fingerprint density at radius 3 is 2.39 bits per heavy atom. The highest BCUT2D eigenvalue weighted by molar-refractivity contribution is 5.70. The maximum absolute atomic E-state index is 10.8. The number of nitro benzene ring substituents is 1. The number of nitrogens with zero attached hydrogens (tertiary/aromatic N) is 3. The number of anilines is 1. The van der Waals surface area contributed by atoms with Crippen molar-refractivity contribution in [2.75, 3.05) is 5.73 Å². The maximum Gasteiger partial charge on any atom is 0.270 e. The van der Waals surface area contributed by atoms with Crippen LogP contribution in [0.3, 0.4) is 0 Å². The molecule has 2 rings (SSSR count). The van der Waals surface area contributed by atoms with Gasteiger partial charge in [0.1, 0.15) is 0 Å². The molecule has 1 aromatic carbocycles. The summed E-state index contributed by atoms with van der Waals surface area (Å²) in [6.45, 7) is 3.61. The van der Waals surface area contributed by atoms with Crippen LogP contribution < -0.4 is 5.73 Å². The molecule has 6 heteroatoms.